The van der Waals surface area contributed by atoms with Crippen LogP contribution in [0.25, 0.3) is 20.8 Å². The van der Waals surface area contributed by atoms with E-state index in [4.69, 9.17) is 0 Å². The summed E-state index contributed by atoms with van der Waals surface area (Å²) in [7, 11) is 0. The van der Waals surface area contributed by atoms with Gasteiger partial charge in [-0.1, -0.05) is 25.0 Å². The molecule has 5 nitrogen and oxygen atoms in total. The molecule has 6 heteroatoms. The fraction of sp³-hybridized carbons (Fsp3) is 0.318. The number of benzene rings is 2. The van der Waals surface area contributed by atoms with Crippen molar-refractivity contribution in [1.29, 1.82) is 0 Å². The van der Waals surface area contributed by atoms with Gasteiger partial charge in [0, 0.05) is 18.2 Å². The van der Waals surface area contributed by atoms with E-state index >= 15 is 0 Å². The minimum Gasteiger partial charge on any atom is -0.344 e. The van der Waals surface area contributed by atoms with Crippen molar-refractivity contribution < 1.29 is 9.59 Å². The molecule has 0 radical (unpaired) electrons. The summed E-state index contributed by atoms with van der Waals surface area (Å²) in [4.78, 5) is 29.0. The Kier molecular flexibility index (Phi) is 5.39. The molecule has 144 valence electrons. The molecule has 0 spiro atoms. The Morgan fingerprint density at radius 2 is 1.79 bits per heavy atom. The number of nitrogens with one attached hydrogen (secondary N) is 2. The molecule has 1 saturated carbocycles. The van der Waals surface area contributed by atoms with Crippen LogP contribution in [-0.2, 0) is 9.59 Å². The molecule has 1 aliphatic rings. The van der Waals surface area contributed by atoms with Gasteiger partial charge in [0.05, 0.1) is 10.2 Å². The van der Waals surface area contributed by atoms with Crippen molar-refractivity contribution in [3.8, 4) is 10.6 Å². The van der Waals surface area contributed by atoms with Gasteiger partial charge in [-0.2, -0.15) is 0 Å². The molecule has 0 saturated heterocycles. The van der Waals surface area contributed by atoms with E-state index in [-0.39, 0.29) is 17.7 Å². The Bertz CT molecular complexity index is 957. The van der Waals surface area contributed by atoms with Crippen LogP contribution >= 0.6 is 11.3 Å². The molecule has 3 aromatic rings. The van der Waals surface area contributed by atoms with Gasteiger partial charge in [0.2, 0.25) is 11.8 Å². The molecule has 4 rings (SSSR count). The molecular formula is C22H23N3O2S. The van der Waals surface area contributed by atoms with Crippen molar-refractivity contribution in [2.24, 2.45) is 5.92 Å². The highest BCUT2D eigenvalue weighted by molar-refractivity contribution is 7.21. The van der Waals surface area contributed by atoms with Crippen molar-refractivity contribution in [3.63, 3.8) is 0 Å². The molecule has 1 fully saturated rings. The number of thiazole rings is 1. The van der Waals surface area contributed by atoms with E-state index in [1.807, 2.05) is 42.5 Å². The molecule has 1 aliphatic carbocycles. The first-order valence-corrected chi connectivity index (χ1v) is 10.5. The lowest BCUT2D eigenvalue weighted by molar-refractivity contribution is -0.126. The molecule has 1 aromatic heterocycles. The summed E-state index contributed by atoms with van der Waals surface area (Å²) in [6.45, 7) is 1.46. The van der Waals surface area contributed by atoms with E-state index in [1.54, 1.807) is 11.3 Å². The number of anilines is 1. The number of rotatable bonds is 5. The SMILES string of the molecule is CC(=O)N[C@H](C(=O)Nc1ccc(-c2nc3ccccc3s2)cc1)C1CCCC1. The molecule has 0 unspecified atom stereocenters. The van der Waals surface area contributed by atoms with Gasteiger partial charge in [-0.25, -0.2) is 4.98 Å². The Balaban J connectivity index is 1.48. The molecule has 0 aliphatic heterocycles. The van der Waals surface area contributed by atoms with Crippen molar-refractivity contribution in [1.82, 2.24) is 10.3 Å². The first-order chi connectivity index (χ1) is 13.6. The standard InChI is InChI=1S/C22H23N3O2S/c1-14(26)23-20(15-6-2-3-7-15)21(27)24-17-12-10-16(11-13-17)22-25-18-8-4-5-9-19(18)28-22/h4-5,8-13,15,20H,2-3,6-7H2,1H3,(H,23,26)(H,24,27)/t20-/m0/s1. The monoisotopic (exact) mass is 393 g/mol. The number of nitrogens with zero attached hydrogens (tertiary/aromatic N) is 1. The first-order valence-electron chi connectivity index (χ1n) is 9.64. The Morgan fingerprint density at radius 3 is 2.46 bits per heavy atom. The van der Waals surface area contributed by atoms with E-state index in [9.17, 15) is 9.59 Å². The smallest absolute Gasteiger partial charge is 0.247 e. The quantitative estimate of drug-likeness (QED) is 0.666. The van der Waals surface area contributed by atoms with Crippen LogP contribution in [-0.4, -0.2) is 22.8 Å². The lowest BCUT2D eigenvalue weighted by atomic mass is 9.97. The van der Waals surface area contributed by atoms with Crippen LogP contribution in [0, 0.1) is 5.92 Å². The molecular weight excluding hydrogens is 370 g/mol. The highest BCUT2D eigenvalue weighted by atomic mass is 32.1. The summed E-state index contributed by atoms with van der Waals surface area (Å²) in [5, 5.41) is 6.75. The zero-order chi connectivity index (χ0) is 19.5. The lowest BCUT2D eigenvalue weighted by Gasteiger charge is -2.23. The number of para-hydroxylation sites is 1. The van der Waals surface area contributed by atoms with Gasteiger partial charge in [-0.3, -0.25) is 9.59 Å². The maximum Gasteiger partial charge on any atom is 0.247 e. The molecule has 0 bridgehead atoms. The van der Waals surface area contributed by atoms with E-state index in [2.05, 4.69) is 21.7 Å². The van der Waals surface area contributed by atoms with E-state index in [0.29, 0.717) is 0 Å². The fourth-order valence-corrected chi connectivity index (χ4v) is 4.79. The zero-order valence-corrected chi connectivity index (χ0v) is 16.6. The number of amides is 2. The summed E-state index contributed by atoms with van der Waals surface area (Å²) in [5.41, 5.74) is 2.74. The van der Waals surface area contributed by atoms with Crippen LogP contribution in [0.3, 0.4) is 0 Å². The molecule has 1 atom stereocenters. The first kappa shape index (κ1) is 18.6. The molecule has 2 aromatic carbocycles. The summed E-state index contributed by atoms with van der Waals surface area (Å²) in [5.74, 6) is -0.0982. The third kappa shape index (κ3) is 4.07. The summed E-state index contributed by atoms with van der Waals surface area (Å²) < 4.78 is 1.16. The van der Waals surface area contributed by atoms with Crippen LogP contribution in [0.15, 0.2) is 48.5 Å². The fourth-order valence-electron chi connectivity index (χ4n) is 3.82. The minimum atomic E-state index is -0.469. The largest absolute Gasteiger partial charge is 0.344 e. The third-order valence-corrected chi connectivity index (χ3v) is 6.29. The topological polar surface area (TPSA) is 71.1 Å². The Morgan fingerprint density at radius 1 is 1.07 bits per heavy atom. The number of fused-ring (bicyclic) bond motifs is 1. The average molecular weight is 394 g/mol. The second kappa shape index (κ2) is 8.10. The highest BCUT2D eigenvalue weighted by Crippen LogP contribution is 2.31. The van der Waals surface area contributed by atoms with Crippen molar-refractivity contribution in [2.45, 2.75) is 38.6 Å². The van der Waals surface area contributed by atoms with E-state index < -0.39 is 6.04 Å². The van der Waals surface area contributed by atoms with Crippen LogP contribution in [0.1, 0.15) is 32.6 Å². The number of aromatic nitrogens is 1. The Labute approximate surface area is 168 Å². The summed E-state index contributed by atoms with van der Waals surface area (Å²) >= 11 is 1.65. The third-order valence-electron chi connectivity index (χ3n) is 5.21. The van der Waals surface area contributed by atoms with Crippen LogP contribution in [0.5, 0.6) is 0 Å². The number of carbonyl (C=O) groups is 2. The lowest BCUT2D eigenvalue weighted by Crippen LogP contribution is -2.47. The van der Waals surface area contributed by atoms with Gasteiger partial charge in [0.25, 0.3) is 0 Å². The number of hydrogen-bond acceptors (Lipinski definition) is 4. The van der Waals surface area contributed by atoms with Gasteiger partial charge < -0.3 is 10.6 Å². The number of hydrogen-bond donors (Lipinski definition) is 2. The molecule has 2 amide bonds. The van der Waals surface area contributed by atoms with Crippen molar-refractivity contribution in [2.75, 3.05) is 5.32 Å². The van der Waals surface area contributed by atoms with Gasteiger partial charge in [0.15, 0.2) is 0 Å². The average Bonchev–Trinajstić information content (AvgIpc) is 3.36. The highest BCUT2D eigenvalue weighted by Gasteiger charge is 2.31. The molecule has 2 N–H and O–H groups in total. The predicted molar refractivity (Wildman–Crippen MR) is 113 cm³/mol. The second-order valence-electron chi connectivity index (χ2n) is 7.28. The van der Waals surface area contributed by atoms with Crippen molar-refractivity contribution in [3.05, 3.63) is 48.5 Å². The van der Waals surface area contributed by atoms with E-state index in [1.165, 1.54) is 6.92 Å². The van der Waals surface area contributed by atoms with Gasteiger partial charge in [-0.15, -0.1) is 11.3 Å². The maximum absolute atomic E-state index is 12.8. The maximum atomic E-state index is 12.8. The zero-order valence-electron chi connectivity index (χ0n) is 15.8. The van der Waals surface area contributed by atoms with Crippen LogP contribution < -0.4 is 10.6 Å². The predicted octanol–water partition coefficient (Wildman–Crippen LogP) is 4.60. The Hall–Kier alpha value is -2.73. The number of carbonyl (C=O) groups excluding carboxylic acids is 2. The molecule has 28 heavy (non-hydrogen) atoms. The minimum absolute atomic E-state index is 0.144. The normalized spacial score (nSPS) is 15.5. The summed E-state index contributed by atoms with van der Waals surface area (Å²) in [6, 6.07) is 15.3. The van der Waals surface area contributed by atoms with Crippen molar-refractivity contribution >= 4 is 39.1 Å². The molecule has 1 heterocycles. The van der Waals surface area contributed by atoms with Gasteiger partial charge in [-0.05, 0) is 55.2 Å². The van der Waals surface area contributed by atoms with Gasteiger partial charge in [0.1, 0.15) is 11.0 Å². The second-order valence-corrected chi connectivity index (χ2v) is 8.31. The van der Waals surface area contributed by atoms with Crippen LogP contribution in [0.2, 0.25) is 0 Å². The van der Waals surface area contributed by atoms with Gasteiger partial charge >= 0.3 is 0 Å². The van der Waals surface area contributed by atoms with E-state index in [0.717, 1.165) is 52.2 Å². The summed E-state index contributed by atoms with van der Waals surface area (Å²) in [6.07, 6.45) is 4.19. The van der Waals surface area contributed by atoms with Crippen LogP contribution in [0.4, 0.5) is 5.69 Å².